The van der Waals surface area contributed by atoms with Crippen molar-refractivity contribution < 1.29 is 17.6 Å². The second kappa shape index (κ2) is 5.89. The molecule has 0 saturated heterocycles. The van der Waals surface area contributed by atoms with Crippen molar-refractivity contribution in [3.8, 4) is 0 Å². The van der Waals surface area contributed by atoms with Crippen molar-refractivity contribution in [1.29, 1.82) is 0 Å². The molecule has 0 N–H and O–H groups in total. The molecule has 0 amide bonds. The predicted octanol–water partition coefficient (Wildman–Crippen LogP) is 1.52. The molecule has 0 heterocycles. The zero-order chi connectivity index (χ0) is 13.1. The van der Waals surface area contributed by atoms with E-state index in [1.165, 1.54) is 12.1 Å². The van der Waals surface area contributed by atoms with E-state index in [0.717, 1.165) is 24.3 Å². The molecule has 0 fully saturated rings. The molecular formula is C12H6F4Se2. The molecule has 0 aromatic heterocycles. The van der Waals surface area contributed by atoms with Gasteiger partial charge in [0.2, 0.25) is 0 Å². The number of halogens is 4. The fourth-order valence-electron chi connectivity index (χ4n) is 1.21. The van der Waals surface area contributed by atoms with Crippen molar-refractivity contribution in [2.45, 2.75) is 0 Å². The Hall–Kier alpha value is -0.801. The van der Waals surface area contributed by atoms with Crippen LogP contribution < -0.4 is 8.92 Å². The van der Waals surface area contributed by atoms with Crippen molar-refractivity contribution >= 4 is 35.2 Å². The predicted molar refractivity (Wildman–Crippen MR) is 63.5 cm³/mol. The van der Waals surface area contributed by atoms with Crippen molar-refractivity contribution in [3.05, 3.63) is 59.7 Å². The number of hydrogen-bond donors (Lipinski definition) is 0. The molecule has 0 bridgehead atoms. The molecule has 2 aromatic rings. The Kier molecular flexibility index (Phi) is 4.46. The van der Waals surface area contributed by atoms with E-state index in [0.29, 0.717) is 0 Å². The summed E-state index contributed by atoms with van der Waals surface area (Å²) < 4.78 is 53.3. The van der Waals surface area contributed by atoms with Gasteiger partial charge in [-0.25, -0.2) is 0 Å². The van der Waals surface area contributed by atoms with Gasteiger partial charge in [-0.05, 0) is 0 Å². The van der Waals surface area contributed by atoms with Gasteiger partial charge in [-0.15, -0.1) is 0 Å². The molecule has 0 aliphatic carbocycles. The van der Waals surface area contributed by atoms with E-state index in [-0.39, 0.29) is 8.92 Å². The number of hydrogen-bond acceptors (Lipinski definition) is 0. The van der Waals surface area contributed by atoms with Gasteiger partial charge >= 0.3 is 112 Å². The van der Waals surface area contributed by atoms with Crippen molar-refractivity contribution in [3.63, 3.8) is 0 Å². The summed E-state index contributed by atoms with van der Waals surface area (Å²) in [6.45, 7) is 0. The van der Waals surface area contributed by atoms with Crippen LogP contribution >= 0.6 is 0 Å². The standard InChI is InChI=1S/C12H6F4Se2/c13-7-3-1-4-8(14)11(7)17-18-12-9(15)5-2-6-10(12)16/h1-6H. The van der Waals surface area contributed by atoms with Crippen LogP contribution in [0, 0.1) is 23.3 Å². The molecule has 0 spiro atoms. The Morgan fingerprint density at radius 3 is 1.11 bits per heavy atom. The minimum atomic E-state index is -0.659. The molecule has 94 valence electrons. The van der Waals surface area contributed by atoms with Gasteiger partial charge in [0.05, 0.1) is 0 Å². The molecule has 0 aliphatic rings. The van der Waals surface area contributed by atoms with Crippen LogP contribution in [0.15, 0.2) is 36.4 Å². The zero-order valence-corrected chi connectivity index (χ0v) is 12.2. The molecule has 0 saturated carbocycles. The summed E-state index contributed by atoms with van der Waals surface area (Å²) in [5.74, 6) is -2.63. The van der Waals surface area contributed by atoms with Crippen molar-refractivity contribution in [1.82, 2.24) is 0 Å². The molecule has 0 unspecified atom stereocenters. The van der Waals surface area contributed by atoms with Gasteiger partial charge < -0.3 is 0 Å². The first kappa shape index (κ1) is 13.6. The molecular weight excluding hydrogens is 378 g/mol. The van der Waals surface area contributed by atoms with Crippen LogP contribution in [0.3, 0.4) is 0 Å². The van der Waals surface area contributed by atoms with E-state index in [1.54, 1.807) is 0 Å². The van der Waals surface area contributed by atoms with Gasteiger partial charge in [-0.3, -0.25) is 0 Å². The average Bonchev–Trinajstić information content (AvgIpc) is 2.31. The van der Waals surface area contributed by atoms with Crippen LogP contribution in [0.25, 0.3) is 0 Å². The van der Waals surface area contributed by atoms with Crippen LogP contribution in [-0.4, -0.2) is 26.3 Å². The first-order valence-corrected chi connectivity index (χ1v) is 10.9. The first-order valence-electron chi connectivity index (χ1n) is 4.82. The van der Waals surface area contributed by atoms with Crippen LogP contribution in [0.4, 0.5) is 17.6 Å². The number of benzene rings is 2. The molecule has 2 rings (SSSR count). The van der Waals surface area contributed by atoms with Crippen LogP contribution in [0.2, 0.25) is 0 Å². The molecule has 18 heavy (non-hydrogen) atoms. The summed E-state index contributed by atoms with van der Waals surface area (Å²) in [6, 6.07) is 7.12. The Morgan fingerprint density at radius 2 is 0.833 bits per heavy atom. The summed E-state index contributed by atoms with van der Waals surface area (Å²) in [7, 11) is 0. The summed E-state index contributed by atoms with van der Waals surface area (Å²) >= 11 is -1.27. The maximum atomic E-state index is 13.4. The molecule has 6 heteroatoms. The third kappa shape index (κ3) is 2.96. The topological polar surface area (TPSA) is 0 Å². The second-order valence-corrected chi connectivity index (χ2v) is 9.31. The van der Waals surface area contributed by atoms with E-state index in [9.17, 15) is 17.6 Å². The SMILES string of the molecule is Fc1cccc(F)c1[Se][Se]c1c(F)cccc1F. The average molecular weight is 384 g/mol. The Labute approximate surface area is 112 Å². The molecule has 0 radical (unpaired) electrons. The third-order valence-corrected chi connectivity index (χ3v) is 9.10. The van der Waals surface area contributed by atoms with Gasteiger partial charge in [-0.1, -0.05) is 0 Å². The van der Waals surface area contributed by atoms with E-state index >= 15 is 0 Å². The Morgan fingerprint density at radius 1 is 0.556 bits per heavy atom. The van der Waals surface area contributed by atoms with E-state index < -0.39 is 49.5 Å². The normalized spacial score (nSPS) is 10.7. The molecule has 0 nitrogen and oxygen atoms in total. The third-order valence-electron chi connectivity index (χ3n) is 2.05. The van der Waals surface area contributed by atoms with E-state index in [1.807, 2.05) is 0 Å². The summed E-state index contributed by atoms with van der Waals surface area (Å²) in [6.07, 6.45) is 0. The van der Waals surface area contributed by atoms with Crippen LogP contribution in [-0.2, 0) is 0 Å². The summed E-state index contributed by atoms with van der Waals surface area (Å²) in [4.78, 5) is 0. The number of rotatable bonds is 3. The molecule has 2 aromatic carbocycles. The quantitative estimate of drug-likeness (QED) is 0.556. The van der Waals surface area contributed by atoms with Gasteiger partial charge in [0.25, 0.3) is 0 Å². The van der Waals surface area contributed by atoms with Crippen LogP contribution in [0.1, 0.15) is 0 Å². The van der Waals surface area contributed by atoms with Gasteiger partial charge in [0, 0.05) is 0 Å². The van der Waals surface area contributed by atoms with Gasteiger partial charge in [0.15, 0.2) is 0 Å². The zero-order valence-electron chi connectivity index (χ0n) is 8.79. The van der Waals surface area contributed by atoms with Gasteiger partial charge in [-0.2, -0.15) is 0 Å². The Balaban J connectivity index is 2.22. The fraction of sp³-hybridized carbons (Fsp3) is 0. The van der Waals surface area contributed by atoms with E-state index in [4.69, 9.17) is 0 Å². The second-order valence-electron chi connectivity index (χ2n) is 3.27. The molecule has 0 atom stereocenters. The maximum absolute atomic E-state index is 13.4. The minimum absolute atomic E-state index is 0.0624. The molecule has 0 aliphatic heterocycles. The van der Waals surface area contributed by atoms with Crippen molar-refractivity contribution in [2.75, 3.05) is 0 Å². The van der Waals surface area contributed by atoms with Gasteiger partial charge in [0.1, 0.15) is 0 Å². The summed E-state index contributed by atoms with van der Waals surface area (Å²) in [5, 5.41) is 0. The monoisotopic (exact) mass is 386 g/mol. The fourth-order valence-corrected chi connectivity index (χ4v) is 8.09. The van der Waals surface area contributed by atoms with Crippen LogP contribution in [0.5, 0.6) is 0 Å². The summed E-state index contributed by atoms with van der Waals surface area (Å²) in [5.41, 5.74) is 0. The first-order chi connectivity index (χ1) is 8.59. The van der Waals surface area contributed by atoms with Crippen molar-refractivity contribution in [2.24, 2.45) is 0 Å². The Bertz CT molecular complexity index is 480. The van der Waals surface area contributed by atoms with E-state index in [2.05, 4.69) is 0 Å².